The lowest BCUT2D eigenvalue weighted by Crippen LogP contribution is -2.29. The van der Waals surface area contributed by atoms with Crippen molar-refractivity contribution in [2.24, 2.45) is 0 Å². The molecule has 2 aromatic heterocycles. The van der Waals surface area contributed by atoms with Crippen LogP contribution in [0.5, 0.6) is 5.75 Å². The molecule has 3 heterocycles. The van der Waals surface area contributed by atoms with E-state index >= 15 is 0 Å². The summed E-state index contributed by atoms with van der Waals surface area (Å²) in [5.41, 5.74) is 6.03. The number of aromatic nitrogens is 3. The SMILES string of the molecule is [2H]C1([2H])CC([2H])(n2cc(-c3cnc(N)c(OC(c4c(Cl)ccc(F)c4Cl)C(F)F)c3)cn2)CC([2H])([2H])N1. The van der Waals surface area contributed by atoms with Crippen LogP contribution in [-0.2, 0) is 0 Å². The van der Waals surface area contributed by atoms with Gasteiger partial charge in [-0.25, -0.2) is 18.2 Å². The highest BCUT2D eigenvalue weighted by atomic mass is 35.5. The Morgan fingerprint density at radius 1 is 1.25 bits per heavy atom. The lowest BCUT2D eigenvalue weighted by molar-refractivity contribution is 0.0107. The number of rotatable bonds is 6. The zero-order valence-corrected chi connectivity index (χ0v) is 17.8. The third-order valence-corrected chi connectivity index (χ3v) is 5.44. The molecular formula is C21H20Cl2F3N5O. The summed E-state index contributed by atoms with van der Waals surface area (Å²) >= 11 is 11.9. The van der Waals surface area contributed by atoms with E-state index in [4.69, 9.17) is 40.5 Å². The van der Waals surface area contributed by atoms with Crippen LogP contribution < -0.4 is 15.8 Å². The molecule has 1 aliphatic rings. The van der Waals surface area contributed by atoms with E-state index in [0.29, 0.717) is 11.1 Å². The van der Waals surface area contributed by atoms with Crippen molar-refractivity contribution in [3.05, 3.63) is 58.2 Å². The molecule has 32 heavy (non-hydrogen) atoms. The highest BCUT2D eigenvalue weighted by Gasteiger charge is 2.31. The number of alkyl halides is 2. The second kappa shape index (κ2) is 9.56. The minimum atomic E-state index is -3.17. The minimum absolute atomic E-state index is 0.233. The number of piperidine rings is 1. The molecule has 3 aromatic rings. The third kappa shape index (κ3) is 4.65. The van der Waals surface area contributed by atoms with Crippen LogP contribution in [0.2, 0.25) is 10.0 Å². The van der Waals surface area contributed by atoms with E-state index in [9.17, 15) is 13.2 Å². The smallest absolute Gasteiger partial charge is 0.279 e. The Bertz CT molecular complexity index is 1310. The highest BCUT2D eigenvalue weighted by Crippen LogP contribution is 2.39. The molecule has 170 valence electrons. The molecule has 0 radical (unpaired) electrons. The molecule has 4 rings (SSSR count). The zero-order chi connectivity index (χ0) is 27.3. The van der Waals surface area contributed by atoms with Crippen molar-refractivity contribution in [3.63, 3.8) is 0 Å². The summed E-state index contributed by atoms with van der Waals surface area (Å²) in [4.78, 5) is 3.96. The summed E-state index contributed by atoms with van der Waals surface area (Å²) in [5, 5.41) is 5.48. The molecule has 0 amide bonds. The fraction of sp³-hybridized carbons (Fsp3) is 0.333. The third-order valence-electron chi connectivity index (χ3n) is 4.73. The van der Waals surface area contributed by atoms with Crippen LogP contribution in [0.25, 0.3) is 11.1 Å². The fourth-order valence-electron chi connectivity index (χ4n) is 3.11. The predicted molar refractivity (Wildman–Crippen MR) is 117 cm³/mol. The van der Waals surface area contributed by atoms with Gasteiger partial charge >= 0.3 is 0 Å². The second-order valence-electron chi connectivity index (χ2n) is 6.81. The summed E-state index contributed by atoms with van der Waals surface area (Å²) in [5.74, 6) is -1.48. The Hall–Kier alpha value is -2.49. The molecule has 1 saturated heterocycles. The summed E-state index contributed by atoms with van der Waals surface area (Å²) < 4.78 is 88.9. The number of nitrogens with one attached hydrogen (secondary N) is 1. The largest absolute Gasteiger partial charge is 0.476 e. The van der Waals surface area contributed by atoms with Gasteiger partial charge in [0.2, 0.25) is 0 Å². The van der Waals surface area contributed by atoms with Gasteiger partial charge in [0.25, 0.3) is 6.43 Å². The van der Waals surface area contributed by atoms with Gasteiger partial charge in [0, 0.05) is 39.6 Å². The van der Waals surface area contributed by atoms with Gasteiger partial charge in [-0.3, -0.25) is 4.68 Å². The van der Waals surface area contributed by atoms with Crippen molar-refractivity contribution in [1.82, 2.24) is 20.1 Å². The summed E-state index contributed by atoms with van der Waals surface area (Å²) in [7, 11) is 0. The molecule has 3 N–H and O–H groups in total. The van der Waals surface area contributed by atoms with Crippen molar-refractivity contribution in [3.8, 4) is 16.9 Å². The number of hydrogen-bond donors (Lipinski definition) is 2. The molecule has 11 heteroatoms. The monoisotopic (exact) mass is 490 g/mol. The Morgan fingerprint density at radius 2 is 2.00 bits per heavy atom. The van der Waals surface area contributed by atoms with Gasteiger partial charge in [0.15, 0.2) is 17.7 Å². The maximum Gasteiger partial charge on any atom is 0.279 e. The van der Waals surface area contributed by atoms with Crippen LogP contribution in [-0.4, -0.2) is 34.2 Å². The molecule has 6 nitrogen and oxygen atoms in total. The van der Waals surface area contributed by atoms with Gasteiger partial charge in [0.05, 0.1) is 18.6 Å². The van der Waals surface area contributed by atoms with E-state index in [-0.39, 0.29) is 29.4 Å². The lowest BCUT2D eigenvalue weighted by Gasteiger charge is -2.22. The van der Waals surface area contributed by atoms with Crippen molar-refractivity contribution in [2.45, 2.75) is 31.4 Å². The maximum absolute atomic E-state index is 14.0. The van der Waals surface area contributed by atoms with Crippen LogP contribution in [0.1, 0.15) is 37.4 Å². The summed E-state index contributed by atoms with van der Waals surface area (Å²) in [6, 6.07) is 1.54. The fourth-order valence-corrected chi connectivity index (χ4v) is 3.69. The van der Waals surface area contributed by atoms with Gasteiger partial charge in [-0.05, 0) is 44.0 Å². The molecule has 1 aliphatic heterocycles. The van der Waals surface area contributed by atoms with Crippen molar-refractivity contribution < 1.29 is 24.8 Å². The van der Waals surface area contributed by atoms with E-state index in [1.165, 1.54) is 24.7 Å². The molecule has 1 aromatic carbocycles. The molecule has 1 unspecified atom stereocenters. The van der Waals surface area contributed by atoms with E-state index in [1.54, 1.807) is 0 Å². The van der Waals surface area contributed by atoms with Crippen LogP contribution in [0.4, 0.5) is 19.0 Å². The number of hydrogen-bond acceptors (Lipinski definition) is 5. The molecule has 0 spiro atoms. The maximum atomic E-state index is 14.0. The Labute approximate surface area is 199 Å². The topological polar surface area (TPSA) is 78.0 Å². The molecule has 0 saturated carbocycles. The molecule has 1 atom stereocenters. The quantitative estimate of drug-likeness (QED) is 0.459. The number of ether oxygens (including phenoxy) is 1. The molecule has 0 aliphatic carbocycles. The van der Waals surface area contributed by atoms with Gasteiger partial charge in [-0.2, -0.15) is 5.10 Å². The molecular weight excluding hydrogens is 466 g/mol. The number of nitrogen functional groups attached to an aromatic ring is 1. The van der Waals surface area contributed by atoms with Crippen LogP contribution in [0, 0.1) is 5.82 Å². The molecule has 1 fully saturated rings. The number of anilines is 1. The zero-order valence-electron chi connectivity index (χ0n) is 21.3. The highest BCUT2D eigenvalue weighted by molar-refractivity contribution is 6.36. The first-order valence-electron chi connectivity index (χ1n) is 11.8. The first kappa shape index (κ1) is 17.0. The number of halogens is 5. The van der Waals surface area contributed by atoms with Gasteiger partial charge in [-0.15, -0.1) is 0 Å². The molecule has 0 bridgehead atoms. The van der Waals surface area contributed by atoms with E-state index in [0.717, 1.165) is 16.8 Å². The van der Waals surface area contributed by atoms with E-state index in [2.05, 4.69) is 15.4 Å². The van der Waals surface area contributed by atoms with Gasteiger partial charge < -0.3 is 15.8 Å². The van der Waals surface area contributed by atoms with E-state index < -0.39 is 47.9 Å². The number of nitrogens with two attached hydrogens (primary N) is 1. The Balaban J connectivity index is 1.67. The van der Waals surface area contributed by atoms with Crippen molar-refractivity contribution in [2.75, 3.05) is 18.7 Å². The standard InChI is InChI=1S/C21H20Cl2F3N5O/c22-14-1-2-15(24)18(23)17(14)19(20(25)26)32-16-7-11(8-29-21(16)27)12-9-30-31(10-12)13-3-5-28-6-4-13/h1-2,7-10,13,19-20,28H,3-6H2,(H2,27,29)/i5D2,6D2,13D. The lowest BCUT2D eigenvalue weighted by atomic mass is 10.1. The first-order valence-corrected chi connectivity index (χ1v) is 10.0. The summed E-state index contributed by atoms with van der Waals surface area (Å²) in [6.45, 7) is -4.33. The van der Waals surface area contributed by atoms with E-state index in [1.807, 2.05) is 0 Å². The van der Waals surface area contributed by atoms with Crippen LogP contribution >= 0.6 is 23.2 Å². The van der Waals surface area contributed by atoms with Gasteiger partial charge in [-0.1, -0.05) is 23.2 Å². The minimum Gasteiger partial charge on any atom is -0.476 e. The normalized spacial score (nSPS) is 22.2. The van der Waals surface area contributed by atoms with Crippen molar-refractivity contribution in [1.29, 1.82) is 0 Å². The number of nitrogens with zero attached hydrogens (tertiary/aromatic N) is 3. The number of benzene rings is 1. The average molecular weight is 491 g/mol. The number of pyridine rings is 1. The van der Waals surface area contributed by atoms with Crippen LogP contribution in [0.3, 0.4) is 0 Å². The van der Waals surface area contributed by atoms with Crippen molar-refractivity contribution >= 4 is 29.0 Å². The Kier molecular flexibility index (Phi) is 5.09. The second-order valence-corrected chi connectivity index (χ2v) is 7.59. The summed E-state index contributed by atoms with van der Waals surface area (Å²) in [6.07, 6.45) is -2.01. The average Bonchev–Trinajstić information content (AvgIpc) is 3.26. The predicted octanol–water partition coefficient (Wildman–Crippen LogP) is 5.28. The first-order chi connectivity index (χ1) is 17.1. The van der Waals surface area contributed by atoms with Crippen LogP contribution in [0.15, 0.2) is 36.8 Å². The van der Waals surface area contributed by atoms with Gasteiger partial charge in [0.1, 0.15) is 5.82 Å². The Morgan fingerprint density at radius 3 is 2.72 bits per heavy atom.